The maximum Gasteiger partial charge on any atom is 0.255 e. The van der Waals surface area contributed by atoms with Gasteiger partial charge in [-0.2, -0.15) is 0 Å². The number of benzene rings is 1. The van der Waals surface area contributed by atoms with E-state index in [1.165, 1.54) is 29.5 Å². The van der Waals surface area contributed by atoms with Crippen LogP contribution in [-0.4, -0.2) is 53.5 Å². The molecule has 0 radical (unpaired) electrons. The third kappa shape index (κ3) is 3.83. The number of hydrogen-bond donors (Lipinski definition) is 0. The lowest BCUT2D eigenvalue weighted by molar-refractivity contribution is 0.0101. The van der Waals surface area contributed by atoms with E-state index in [1.807, 2.05) is 17.0 Å². The Kier molecular flexibility index (Phi) is 6.09. The average Bonchev–Trinajstić information content (AvgIpc) is 2.79. The minimum Gasteiger partial charge on any atom is -0.496 e. The SMILES string of the molecule is CCc1ccc(C(=O)N2CCN3C(CCCC3c3ccc(OC)c(C)c3C)C2)cn1. The first-order chi connectivity index (χ1) is 14.5. The molecule has 3 heterocycles. The Hall–Kier alpha value is -2.40. The molecule has 1 aromatic heterocycles. The van der Waals surface area contributed by atoms with Gasteiger partial charge in [0.05, 0.1) is 12.7 Å². The summed E-state index contributed by atoms with van der Waals surface area (Å²) in [6.07, 6.45) is 6.16. The summed E-state index contributed by atoms with van der Waals surface area (Å²) in [5, 5.41) is 0. The summed E-state index contributed by atoms with van der Waals surface area (Å²) >= 11 is 0. The van der Waals surface area contributed by atoms with E-state index in [9.17, 15) is 4.79 Å². The van der Waals surface area contributed by atoms with E-state index < -0.39 is 0 Å². The maximum absolute atomic E-state index is 13.0. The van der Waals surface area contributed by atoms with Crippen LogP contribution in [0.1, 0.15) is 65.0 Å². The molecular weight excluding hydrogens is 374 g/mol. The number of aromatic nitrogens is 1. The minimum absolute atomic E-state index is 0.114. The zero-order valence-corrected chi connectivity index (χ0v) is 18.6. The average molecular weight is 408 g/mol. The fraction of sp³-hybridized carbons (Fsp3) is 0.520. The van der Waals surface area contributed by atoms with Crippen LogP contribution in [0.2, 0.25) is 0 Å². The number of carbonyl (C=O) groups is 1. The molecule has 0 N–H and O–H groups in total. The molecule has 0 aliphatic carbocycles. The van der Waals surface area contributed by atoms with Crippen molar-refractivity contribution < 1.29 is 9.53 Å². The Balaban J connectivity index is 1.50. The largest absolute Gasteiger partial charge is 0.496 e. The predicted octanol–water partition coefficient (Wildman–Crippen LogP) is 4.32. The van der Waals surface area contributed by atoms with Gasteiger partial charge in [0.2, 0.25) is 0 Å². The molecule has 0 bridgehead atoms. The van der Waals surface area contributed by atoms with Crippen LogP contribution in [0.4, 0.5) is 0 Å². The van der Waals surface area contributed by atoms with E-state index in [0.29, 0.717) is 17.6 Å². The molecule has 160 valence electrons. The van der Waals surface area contributed by atoms with Crippen molar-refractivity contribution in [3.63, 3.8) is 0 Å². The first-order valence-electron chi connectivity index (χ1n) is 11.2. The first kappa shape index (κ1) is 20.9. The molecule has 2 atom stereocenters. The molecule has 2 aliphatic rings. The number of hydrogen-bond acceptors (Lipinski definition) is 4. The van der Waals surface area contributed by atoms with Crippen molar-refractivity contribution in [2.24, 2.45) is 0 Å². The number of nitrogens with zero attached hydrogens (tertiary/aromatic N) is 3. The molecule has 2 fully saturated rings. The molecule has 5 heteroatoms. The topological polar surface area (TPSA) is 45.7 Å². The minimum atomic E-state index is 0.114. The van der Waals surface area contributed by atoms with E-state index >= 15 is 0 Å². The van der Waals surface area contributed by atoms with Gasteiger partial charge in [-0.3, -0.25) is 14.7 Å². The third-order valence-corrected chi connectivity index (χ3v) is 7.02. The summed E-state index contributed by atoms with van der Waals surface area (Å²) in [4.78, 5) is 22.1. The Morgan fingerprint density at radius 1 is 1.13 bits per heavy atom. The molecule has 2 aromatic rings. The van der Waals surface area contributed by atoms with Gasteiger partial charge in [-0.25, -0.2) is 0 Å². The van der Waals surface area contributed by atoms with Gasteiger partial charge in [-0.1, -0.05) is 13.0 Å². The van der Waals surface area contributed by atoms with Crippen LogP contribution in [0.25, 0.3) is 0 Å². The zero-order valence-electron chi connectivity index (χ0n) is 18.6. The van der Waals surface area contributed by atoms with Gasteiger partial charge < -0.3 is 9.64 Å². The number of aryl methyl sites for hydroxylation is 1. The Morgan fingerprint density at radius 3 is 2.67 bits per heavy atom. The van der Waals surface area contributed by atoms with Gasteiger partial charge in [-0.05, 0) is 74.4 Å². The van der Waals surface area contributed by atoms with Gasteiger partial charge in [0.1, 0.15) is 5.75 Å². The van der Waals surface area contributed by atoms with Crippen LogP contribution >= 0.6 is 0 Å². The molecule has 2 unspecified atom stereocenters. The van der Waals surface area contributed by atoms with E-state index in [4.69, 9.17) is 4.74 Å². The maximum atomic E-state index is 13.0. The monoisotopic (exact) mass is 407 g/mol. The molecule has 5 nitrogen and oxygen atoms in total. The number of carbonyl (C=O) groups excluding carboxylic acids is 1. The highest BCUT2D eigenvalue weighted by Crippen LogP contribution is 2.39. The predicted molar refractivity (Wildman–Crippen MR) is 119 cm³/mol. The summed E-state index contributed by atoms with van der Waals surface area (Å²) < 4.78 is 5.51. The normalized spacial score (nSPS) is 21.9. The molecular formula is C25H33N3O2. The van der Waals surface area contributed by atoms with Crippen molar-refractivity contribution in [1.29, 1.82) is 0 Å². The van der Waals surface area contributed by atoms with Gasteiger partial charge in [0.25, 0.3) is 5.91 Å². The molecule has 0 spiro atoms. The molecule has 0 saturated carbocycles. The van der Waals surface area contributed by atoms with Crippen LogP contribution in [0.3, 0.4) is 0 Å². The summed E-state index contributed by atoms with van der Waals surface area (Å²) in [6, 6.07) is 9.09. The van der Waals surface area contributed by atoms with Crippen molar-refractivity contribution >= 4 is 5.91 Å². The number of ether oxygens (including phenoxy) is 1. The van der Waals surface area contributed by atoms with Crippen LogP contribution in [-0.2, 0) is 6.42 Å². The second-order valence-electron chi connectivity index (χ2n) is 8.59. The molecule has 1 aromatic carbocycles. The lowest BCUT2D eigenvalue weighted by Gasteiger charge is -2.48. The van der Waals surface area contributed by atoms with Crippen molar-refractivity contribution in [2.45, 2.75) is 58.5 Å². The Labute approximate surface area is 180 Å². The van der Waals surface area contributed by atoms with E-state index in [1.54, 1.807) is 13.3 Å². The fourth-order valence-electron chi connectivity index (χ4n) is 5.11. The number of pyridine rings is 1. The Morgan fingerprint density at radius 2 is 1.97 bits per heavy atom. The van der Waals surface area contributed by atoms with Crippen LogP contribution in [0.5, 0.6) is 5.75 Å². The number of rotatable bonds is 4. The van der Waals surface area contributed by atoms with Crippen molar-refractivity contribution in [2.75, 3.05) is 26.7 Å². The standard InChI is InChI=1S/C25H33N3O2/c1-5-20-10-9-19(15-26-20)25(29)27-13-14-28-21(16-27)7-6-8-23(28)22-11-12-24(30-4)18(3)17(22)2/h9-12,15,21,23H,5-8,13-14,16H2,1-4H3. The number of piperidine rings is 1. The Bertz CT molecular complexity index is 909. The highest BCUT2D eigenvalue weighted by Gasteiger charge is 2.37. The highest BCUT2D eigenvalue weighted by atomic mass is 16.5. The molecule has 30 heavy (non-hydrogen) atoms. The fourth-order valence-corrected chi connectivity index (χ4v) is 5.11. The number of piperazine rings is 1. The van der Waals surface area contributed by atoms with Crippen LogP contribution < -0.4 is 4.74 Å². The number of fused-ring (bicyclic) bond motifs is 1. The van der Waals surface area contributed by atoms with Crippen LogP contribution in [0.15, 0.2) is 30.5 Å². The van der Waals surface area contributed by atoms with E-state index in [2.05, 4.69) is 42.8 Å². The number of amides is 1. The molecule has 1 amide bonds. The summed E-state index contributed by atoms with van der Waals surface area (Å²) in [6.45, 7) is 8.94. The second-order valence-corrected chi connectivity index (χ2v) is 8.59. The second kappa shape index (κ2) is 8.76. The van der Waals surface area contributed by atoms with Crippen LogP contribution in [0, 0.1) is 13.8 Å². The van der Waals surface area contributed by atoms with E-state index in [0.717, 1.165) is 43.9 Å². The van der Waals surface area contributed by atoms with Crippen molar-refractivity contribution in [1.82, 2.24) is 14.8 Å². The molecule has 4 rings (SSSR count). The van der Waals surface area contributed by atoms with Crippen molar-refractivity contribution in [3.05, 3.63) is 58.4 Å². The lowest BCUT2D eigenvalue weighted by atomic mass is 9.86. The summed E-state index contributed by atoms with van der Waals surface area (Å²) in [5.41, 5.74) is 5.71. The quantitative estimate of drug-likeness (QED) is 0.757. The van der Waals surface area contributed by atoms with E-state index in [-0.39, 0.29) is 5.91 Å². The first-order valence-corrected chi connectivity index (χ1v) is 11.2. The highest BCUT2D eigenvalue weighted by molar-refractivity contribution is 5.94. The molecule has 2 aliphatic heterocycles. The van der Waals surface area contributed by atoms with Gasteiger partial charge in [0, 0.05) is 43.6 Å². The van der Waals surface area contributed by atoms with Gasteiger partial charge >= 0.3 is 0 Å². The summed E-state index contributed by atoms with van der Waals surface area (Å²) in [5.74, 6) is 1.07. The third-order valence-electron chi connectivity index (χ3n) is 7.02. The smallest absolute Gasteiger partial charge is 0.255 e. The van der Waals surface area contributed by atoms with Gasteiger partial charge in [0.15, 0.2) is 0 Å². The van der Waals surface area contributed by atoms with Gasteiger partial charge in [-0.15, -0.1) is 0 Å². The summed E-state index contributed by atoms with van der Waals surface area (Å²) in [7, 11) is 1.74. The number of methoxy groups -OCH3 is 1. The zero-order chi connectivity index (χ0) is 21.3. The lowest BCUT2D eigenvalue weighted by Crippen LogP contribution is -2.57. The molecule has 2 saturated heterocycles. The van der Waals surface area contributed by atoms with Crippen molar-refractivity contribution in [3.8, 4) is 5.75 Å².